The van der Waals surface area contributed by atoms with E-state index in [0.717, 1.165) is 39.3 Å². The zero-order valence-electron chi connectivity index (χ0n) is 14.2. The second-order valence-corrected chi connectivity index (χ2v) is 5.92. The molecule has 0 radical (unpaired) electrons. The van der Waals surface area contributed by atoms with Gasteiger partial charge in [0, 0.05) is 51.5 Å². The quantitative estimate of drug-likeness (QED) is 0.456. The Morgan fingerprint density at radius 1 is 1.38 bits per heavy atom. The van der Waals surface area contributed by atoms with Gasteiger partial charge in [-0.2, -0.15) is 0 Å². The number of carbonyl (C=O) groups excluding carboxylic acids is 1. The van der Waals surface area contributed by atoms with Crippen LogP contribution in [0.5, 0.6) is 0 Å². The van der Waals surface area contributed by atoms with E-state index in [4.69, 9.17) is 4.74 Å². The Balaban J connectivity index is 1.92. The molecule has 0 aromatic heterocycles. The van der Waals surface area contributed by atoms with Crippen molar-refractivity contribution in [3.05, 3.63) is 33.9 Å². The topological polar surface area (TPSA) is 87.9 Å². The summed E-state index contributed by atoms with van der Waals surface area (Å²) in [5.74, 6) is -0.288. The number of carbonyl (C=O) groups is 1. The van der Waals surface area contributed by atoms with Crippen LogP contribution in [0.2, 0.25) is 0 Å². The number of benzene rings is 1. The molecule has 132 valence electrons. The van der Waals surface area contributed by atoms with Crippen molar-refractivity contribution < 1.29 is 14.5 Å². The lowest BCUT2D eigenvalue weighted by atomic mass is 10.1. The minimum absolute atomic E-state index is 0.0842. The number of hydrogen-bond donors (Lipinski definition) is 1. The third-order valence-corrected chi connectivity index (χ3v) is 3.96. The normalized spacial score (nSPS) is 15.1. The number of hydrogen-bond acceptors (Lipinski definition) is 6. The molecule has 0 spiro atoms. The molecule has 0 bridgehead atoms. The summed E-state index contributed by atoms with van der Waals surface area (Å²) in [5, 5.41) is 13.8. The maximum absolute atomic E-state index is 12.4. The Morgan fingerprint density at radius 2 is 2.08 bits per heavy atom. The van der Waals surface area contributed by atoms with Crippen LogP contribution >= 0.6 is 0 Å². The first-order valence-corrected chi connectivity index (χ1v) is 8.03. The first kappa shape index (κ1) is 18.2. The summed E-state index contributed by atoms with van der Waals surface area (Å²) in [6.07, 6.45) is 0.831. The fraction of sp³-hybridized carbons (Fsp3) is 0.562. The smallest absolute Gasteiger partial charge is 0.270 e. The number of nitrogens with zero attached hydrogens (tertiary/aromatic N) is 3. The number of nitrogens with one attached hydrogen (secondary N) is 1. The average molecular weight is 336 g/mol. The first-order valence-electron chi connectivity index (χ1n) is 8.03. The van der Waals surface area contributed by atoms with E-state index in [1.807, 2.05) is 0 Å². The first-order chi connectivity index (χ1) is 11.5. The highest BCUT2D eigenvalue weighted by atomic mass is 16.6. The van der Waals surface area contributed by atoms with Crippen molar-refractivity contribution in [2.75, 3.05) is 58.4 Å². The molecule has 1 N–H and O–H groups in total. The van der Waals surface area contributed by atoms with Crippen molar-refractivity contribution in [1.29, 1.82) is 0 Å². The van der Waals surface area contributed by atoms with Gasteiger partial charge in [0.1, 0.15) is 0 Å². The Bertz CT molecular complexity index is 585. The minimum atomic E-state index is -0.491. The molecule has 2 rings (SSSR count). The van der Waals surface area contributed by atoms with Crippen molar-refractivity contribution in [3.63, 3.8) is 0 Å². The third kappa shape index (κ3) is 4.90. The van der Waals surface area contributed by atoms with Crippen LogP contribution in [0, 0.1) is 10.1 Å². The van der Waals surface area contributed by atoms with Crippen LogP contribution in [0.1, 0.15) is 16.8 Å². The molecular weight excluding hydrogens is 312 g/mol. The Hall–Kier alpha value is -2.19. The monoisotopic (exact) mass is 336 g/mol. The van der Waals surface area contributed by atoms with E-state index in [1.54, 1.807) is 25.1 Å². The summed E-state index contributed by atoms with van der Waals surface area (Å²) >= 11 is 0. The number of amides is 1. The van der Waals surface area contributed by atoms with Crippen molar-refractivity contribution in [3.8, 4) is 0 Å². The van der Waals surface area contributed by atoms with Crippen LogP contribution in [0.4, 0.5) is 11.4 Å². The standard InChI is InChI=1S/C16H24N4O4/c1-18(2)15-5-4-13(20(22)23)12-14(15)16(21)17-6-3-7-19-8-10-24-11-9-19/h4-5,12H,3,6-11H2,1-2H3,(H,17,21). The van der Waals surface area contributed by atoms with Crippen molar-refractivity contribution in [2.24, 2.45) is 0 Å². The molecule has 1 aliphatic heterocycles. The minimum Gasteiger partial charge on any atom is -0.379 e. The lowest BCUT2D eigenvalue weighted by Crippen LogP contribution is -2.38. The number of ether oxygens (including phenoxy) is 1. The van der Waals surface area contributed by atoms with E-state index in [2.05, 4.69) is 10.2 Å². The van der Waals surface area contributed by atoms with Crippen molar-refractivity contribution in [1.82, 2.24) is 10.2 Å². The number of morpholine rings is 1. The molecule has 1 saturated heterocycles. The van der Waals surface area contributed by atoms with Gasteiger partial charge >= 0.3 is 0 Å². The van der Waals surface area contributed by atoms with E-state index in [-0.39, 0.29) is 11.6 Å². The van der Waals surface area contributed by atoms with Gasteiger partial charge in [0.2, 0.25) is 0 Å². The zero-order chi connectivity index (χ0) is 17.5. The predicted octanol–water partition coefficient (Wildman–Crippen LogP) is 1.11. The second kappa shape index (κ2) is 8.60. The molecule has 1 heterocycles. The number of rotatable bonds is 7. The van der Waals surface area contributed by atoms with Gasteiger partial charge < -0.3 is 15.0 Å². The van der Waals surface area contributed by atoms with E-state index in [1.165, 1.54) is 12.1 Å². The van der Waals surface area contributed by atoms with Crippen LogP contribution in [-0.4, -0.2) is 69.2 Å². The van der Waals surface area contributed by atoms with Crippen LogP contribution in [0.3, 0.4) is 0 Å². The second-order valence-electron chi connectivity index (χ2n) is 5.92. The maximum Gasteiger partial charge on any atom is 0.270 e. The van der Waals surface area contributed by atoms with Gasteiger partial charge in [0.15, 0.2) is 0 Å². The largest absolute Gasteiger partial charge is 0.379 e. The van der Waals surface area contributed by atoms with Crippen LogP contribution in [-0.2, 0) is 4.74 Å². The Kier molecular flexibility index (Phi) is 6.51. The van der Waals surface area contributed by atoms with E-state index >= 15 is 0 Å². The van der Waals surface area contributed by atoms with Gasteiger partial charge in [0.25, 0.3) is 11.6 Å². The molecule has 0 aliphatic carbocycles. The van der Waals surface area contributed by atoms with Crippen LogP contribution in [0.15, 0.2) is 18.2 Å². The summed E-state index contributed by atoms with van der Waals surface area (Å²) in [7, 11) is 3.60. The highest BCUT2D eigenvalue weighted by Crippen LogP contribution is 2.24. The van der Waals surface area contributed by atoms with E-state index in [0.29, 0.717) is 17.8 Å². The summed E-state index contributed by atoms with van der Waals surface area (Å²) in [6, 6.07) is 4.33. The molecule has 0 saturated carbocycles. The summed E-state index contributed by atoms with van der Waals surface area (Å²) in [6.45, 7) is 4.79. The Morgan fingerprint density at radius 3 is 2.71 bits per heavy atom. The lowest BCUT2D eigenvalue weighted by Gasteiger charge is -2.26. The fourth-order valence-corrected chi connectivity index (χ4v) is 2.63. The number of nitro benzene ring substituents is 1. The van der Waals surface area contributed by atoms with E-state index in [9.17, 15) is 14.9 Å². The van der Waals surface area contributed by atoms with Gasteiger partial charge in [-0.3, -0.25) is 19.8 Å². The fourth-order valence-electron chi connectivity index (χ4n) is 2.63. The average Bonchev–Trinajstić information content (AvgIpc) is 2.58. The SMILES string of the molecule is CN(C)c1ccc([N+](=O)[O-])cc1C(=O)NCCCN1CCOCC1. The zero-order valence-corrected chi connectivity index (χ0v) is 14.2. The highest BCUT2D eigenvalue weighted by molar-refractivity contribution is 6.00. The molecule has 8 heteroatoms. The molecule has 1 aliphatic rings. The van der Waals surface area contributed by atoms with Crippen LogP contribution in [0.25, 0.3) is 0 Å². The maximum atomic E-state index is 12.4. The lowest BCUT2D eigenvalue weighted by molar-refractivity contribution is -0.384. The molecule has 24 heavy (non-hydrogen) atoms. The number of anilines is 1. The third-order valence-electron chi connectivity index (χ3n) is 3.96. The van der Waals surface area contributed by atoms with Crippen LogP contribution < -0.4 is 10.2 Å². The molecule has 1 fully saturated rings. The molecule has 0 atom stereocenters. The number of non-ortho nitro benzene ring substituents is 1. The number of nitro groups is 1. The molecule has 0 unspecified atom stereocenters. The highest BCUT2D eigenvalue weighted by Gasteiger charge is 2.18. The van der Waals surface area contributed by atoms with Gasteiger partial charge in [-0.05, 0) is 19.0 Å². The van der Waals surface area contributed by atoms with Gasteiger partial charge in [-0.15, -0.1) is 0 Å². The van der Waals surface area contributed by atoms with Gasteiger partial charge in [-0.25, -0.2) is 0 Å². The molecule has 1 amide bonds. The van der Waals surface area contributed by atoms with Gasteiger partial charge in [0.05, 0.1) is 23.7 Å². The van der Waals surface area contributed by atoms with Crippen molar-refractivity contribution in [2.45, 2.75) is 6.42 Å². The summed E-state index contributed by atoms with van der Waals surface area (Å²) in [5.41, 5.74) is 0.894. The summed E-state index contributed by atoms with van der Waals surface area (Å²) in [4.78, 5) is 26.9. The molecule has 8 nitrogen and oxygen atoms in total. The Labute approximate surface area is 141 Å². The summed E-state index contributed by atoms with van der Waals surface area (Å²) < 4.78 is 5.30. The molecule has 1 aromatic rings. The molecular formula is C16H24N4O4. The van der Waals surface area contributed by atoms with Crippen molar-refractivity contribution >= 4 is 17.3 Å². The predicted molar refractivity (Wildman–Crippen MR) is 91.6 cm³/mol. The van der Waals surface area contributed by atoms with E-state index < -0.39 is 4.92 Å². The van der Waals surface area contributed by atoms with Gasteiger partial charge in [-0.1, -0.05) is 0 Å². The molecule has 1 aromatic carbocycles.